The first-order valence-electron chi connectivity index (χ1n) is 6.78. The van der Waals surface area contributed by atoms with Crippen molar-refractivity contribution < 1.29 is 4.68 Å². The lowest BCUT2D eigenvalue weighted by atomic mass is 10.2. The molecule has 0 amide bonds. The van der Waals surface area contributed by atoms with Crippen molar-refractivity contribution in [2.24, 2.45) is 0 Å². The molecule has 0 spiro atoms. The van der Waals surface area contributed by atoms with Crippen LogP contribution < -0.4 is 5.01 Å². The summed E-state index contributed by atoms with van der Waals surface area (Å²) in [5, 5.41) is 2.31. The molecule has 2 heterocycles. The summed E-state index contributed by atoms with van der Waals surface area (Å²) in [5.74, 6) is 0. The summed E-state index contributed by atoms with van der Waals surface area (Å²) in [7, 11) is 0. The molecule has 0 atom stereocenters. The number of hydrazine groups is 1. The van der Waals surface area contributed by atoms with E-state index in [-0.39, 0.29) is 0 Å². The van der Waals surface area contributed by atoms with Gasteiger partial charge in [-0.3, -0.25) is 4.98 Å². The van der Waals surface area contributed by atoms with Crippen molar-refractivity contribution in [1.82, 2.24) is 4.98 Å². The van der Waals surface area contributed by atoms with E-state index in [4.69, 9.17) is 0 Å². The molecule has 1 aromatic heterocycles. The maximum Gasteiger partial charge on any atom is 0.239 e. The molecule has 96 valence electrons. The highest BCUT2D eigenvalue weighted by Gasteiger charge is 2.27. The molecule has 2 aromatic rings. The fourth-order valence-corrected chi connectivity index (χ4v) is 2.51. The topological polar surface area (TPSA) is 19.1 Å². The quantitative estimate of drug-likeness (QED) is 0.778. The van der Waals surface area contributed by atoms with Crippen LogP contribution in [0.25, 0.3) is 0 Å². The van der Waals surface area contributed by atoms with Gasteiger partial charge in [0.15, 0.2) is 6.21 Å². The monoisotopic (exact) mass is 252 g/mol. The zero-order valence-corrected chi connectivity index (χ0v) is 11.2. The van der Waals surface area contributed by atoms with E-state index in [1.807, 2.05) is 12.4 Å². The molecule has 0 aliphatic carbocycles. The van der Waals surface area contributed by atoms with Gasteiger partial charge in [0.05, 0.1) is 13.0 Å². The third-order valence-electron chi connectivity index (χ3n) is 3.38. The van der Waals surface area contributed by atoms with Crippen molar-refractivity contribution in [3.05, 3.63) is 54.4 Å². The van der Waals surface area contributed by atoms with Crippen LogP contribution in [0.15, 0.2) is 48.8 Å². The second-order valence-corrected chi connectivity index (χ2v) is 4.69. The highest BCUT2D eigenvalue weighted by Crippen LogP contribution is 2.27. The lowest BCUT2D eigenvalue weighted by molar-refractivity contribution is -0.448. The van der Waals surface area contributed by atoms with Gasteiger partial charge in [0, 0.05) is 24.0 Å². The molecule has 0 bridgehead atoms. The standard InChI is InChI=1S/C16H18N3/c1-2-12-18(15-7-10-17-11-8-15)19-13-9-14-5-3-4-6-16(14)19/h3-8,10-11,13H,2,9,12H2,1H3/q+1. The Bertz CT molecular complexity index is 590. The van der Waals surface area contributed by atoms with Crippen molar-refractivity contribution in [3.8, 4) is 0 Å². The number of benzene rings is 1. The van der Waals surface area contributed by atoms with Crippen molar-refractivity contribution in [2.45, 2.75) is 19.8 Å². The van der Waals surface area contributed by atoms with Crippen LogP contribution in [0.1, 0.15) is 18.9 Å². The summed E-state index contributed by atoms with van der Waals surface area (Å²) in [4.78, 5) is 4.10. The van der Waals surface area contributed by atoms with Crippen LogP contribution in [-0.2, 0) is 6.42 Å². The lowest BCUT2D eigenvalue weighted by Crippen LogP contribution is -2.32. The van der Waals surface area contributed by atoms with Crippen LogP contribution in [0.3, 0.4) is 0 Å². The molecule has 0 saturated heterocycles. The van der Waals surface area contributed by atoms with Crippen LogP contribution in [0, 0.1) is 0 Å². The van der Waals surface area contributed by atoms with Gasteiger partial charge in [-0.05, 0) is 18.6 Å². The van der Waals surface area contributed by atoms with E-state index in [0.29, 0.717) is 0 Å². The molecule has 0 radical (unpaired) electrons. The second kappa shape index (κ2) is 5.22. The summed E-state index contributed by atoms with van der Waals surface area (Å²) < 4.78 is 2.27. The Balaban J connectivity index is 1.99. The second-order valence-electron chi connectivity index (χ2n) is 4.69. The van der Waals surface area contributed by atoms with Gasteiger partial charge in [0.1, 0.15) is 5.69 Å². The van der Waals surface area contributed by atoms with Gasteiger partial charge in [0.2, 0.25) is 5.69 Å². The maximum absolute atomic E-state index is 4.10. The van der Waals surface area contributed by atoms with Crippen LogP contribution in [0.5, 0.6) is 0 Å². The smallest absolute Gasteiger partial charge is 0.239 e. The van der Waals surface area contributed by atoms with E-state index < -0.39 is 0 Å². The number of pyridine rings is 1. The highest BCUT2D eigenvalue weighted by molar-refractivity contribution is 5.68. The average molecular weight is 252 g/mol. The van der Waals surface area contributed by atoms with E-state index in [1.165, 1.54) is 16.9 Å². The van der Waals surface area contributed by atoms with Crippen LogP contribution in [0.4, 0.5) is 11.4 Å². The summed E-state index contributed by atoms with van der Waals surface area (Å²) in [6, 6.07) is 12.7. The number of hydrogen-bond acceptors (Lipinski definition) is 2. The molecule has 0 N–H and O–H groups in total. The number of rotatable bonds is 4. The lowest BCUT2D eigenvalue weighted by Gasteiger charge is -2.18. The van der Waals surface area contributed by atoms with Gasteiger partial charge < -0.3 is 0 Å². The molecule has 3 rings (SSSR count). The first-order chi connectivity index (χ1) is 9.40. The minimum absolute atomic E-state index is 0.995. The van der Waals surface area contributed by atoms with Gasteiger partial charge >= 0.3 is 0 Å². The first-order valence-corrected chi connectivity index (χ1v) is 6.78. The molecule has 1 aliphatic heterocycles. The summed E-state index contributed by atoms with van der Waals surface area (Å²) >= 11 is 0. The van der Waals surface area contributed by atoms with E-state index in [2.05, 4.69) is 64.2 Å². The Morgan fingerprint density at radius 2 is 1.95 bits per heavy atom. The SMILES string of the molecule is CCCN(c1ccncc1)[N+]1=CCc2ccccc21. The van der Waals surface area contributed by atoms with Crippen LogP contribution >= 0.6 is 0 Å². The maximum atomic E-state index is 4.10. The van der Waals surface area contributed by atoms with Crippen molar-refractivity contribution in [2.75, 3.05) is 11.6 Å². The van der Waals surface area contributed by atoms with Crippen molar-refractivity contribution in [1.29, 1.82) is 0 Å². The number of aromatic nitrogens is 1. The molecular weight excluding hydrogens is 234 g/mol. The largest absolute Gasteiger partial charge is 0.265 e. The van der Waals surface area contributed by atoms with Crippen LogP contribution in [0.2, 0.25) is 0 Å². The summed E-state index contributed by atoms with van der Waals surface area (Å²) in [5.41, 5.74) is 3.86. The fraction of sp³-hybridized carbons (Fsp3) is 0.250. The van der Waals surface area contributed by atoms with Crippen molar-refractivity contribution in [3.63, 3.8) is 0 Å². The molecule has 3 nitrogen and oxygen atoms in total. The summed E-state index contributed by atoms with van der Waals surface area (Å²) in [6.45, 7) is 3.20. The third-order valence-corrected chi connectivity index (χ3v) is 3.38. The molecule has 3 heteroatoms. The van der Waals surface area contributed by atoms with Gasteiger partial charge in [-0.2, -0.15) is 0 Å². The van der Waals surface area contributed by atoms with Gasteiger partial charge in [0.25, 0.3) is 0 Å². The number of anilines is 1. The predicted molar refractivity (Wildman–Crippen MR) is 78.0 cm³/mol. The molecular formula is C16H18N3+. The van der Waals surface area contributed by atoms with Crippen LogP contribution in [-0.4, -0.2) is 22.4 Å². The molecule has 0 saturated carbocycles. The zero-order valence-electron chi connectivity index (χ0n) is 11.2. The molecule has 0 fully saturated rings. The molecule has 1 aliphatic rings. The molecule has 1 aromatic carbocycles. The third kappa shape index (κ3) is 2.24. The van der Waals surface area contributed by atoms with E-state index in [1.54, 1.807) is 0 Å². The average Bonchev–Trinajstić information content (AvgIpc) is 2.89. The molecule has 0 unspecified atom stereocenters. The highest BCUT2D eigenvalue weighted by atomic mass is 15.6. The predicted octanol–water partition coefficient (Wildman–Crippen LogP) is 3.18. The first kappa shape index (κ1) is 11.9. The Hall–Kier alpha value is -2.16. The Kier molecular flexibility index (Phi) is 3.27. The Morgan fingerprint density at radius 1 is 1.16 bits per heavy atom. The minimum atomic E-state index is 0.995. The van der Waals surface area contributed by atoms with E-state index in [9.17, 15) is 0 Å². The zero-order chi connectivity index (χ0) is 13.1. The van der Waals surface area contributed by atoms with Gasteiger partial charge in [-0.25, -0.2) is 0 Å². The fourth-order valence-electron chi connectivity index (χ4n) is 2.51. The van der Waals surface area contributed by atoms with E-state index >= 15 is 0 Å². The number of fused-ring (bicyclic) bond motifs is 1. The summed E-state index contributed by atoms with van der Waals surface area (Å²) in [6.07, 6.45) is 8.05. The molecule has 19 heavy (non-hydrogen) atoms. The van der Waals surface area contributed by atoms with E-state index in [0.717, 1.165) is 19.4 Å². The Morgan fingerprint density at radius 3 is 2.74 bits per heavy atom. The number of para-hydroxylation sites is 1. The Labute approximate surface area is 113 Å². The van der Waals surface area contributed by atoms with Gasteiger partial charge in [-0.15, -0.1) is 5.01 Å². The number of hydrazone groups is 1. The number of nitrogens with zero attached hydrogens (tertiary/aromatic N) is 3. The van der Waals surface area contributed by atoms with Crippen molar-refractivity contribution >= 4 is 17.6 Å². The normalized spacial score (nSPS) is 13.0. The minimum Gasteiger partial charge on any atom is -0.265 e. The van der Waals surface area contributed by atoms with Gasteiger partial charge in [-0.1, -0.05) is 29.8 Å². The number of hydrogen-bond donors (Lipinski definition) is 0.